The zero-order chi connectivity index (χ0) is 15.4. The maximum Gasteiger partial charge on any atom is 0.137 e. The highest BCUT2D eigenvalue weighted by molar-refractivity contribution is 6.30. The molecule has 2 rings (SSSR count). The summed E-state index contributed by atoms with van der Waals surface area (Å²) < 4.78 is 26.3. The summed E-state index contributed by atoms with van der Waals surface area (Å²) in [6.45, 7) is 0. The molecule has 21 heavy (non-hydrogen) atoms. The summed E-state index contributed by atoms with van der Waals surface area (Å²) in [5.41, 5.74) is 6.01. The van der Waals surface area contributed by atoms with Gasteiger partial charge in [0.15, 0.2) is 0 Å². The third-order valence-electron chi connectivity index (χ3n) is 2.58. The lowest BCUT2D eigenvalue weighted by Crippen LogP contribution is -2.08. The van der Waals surface area contributed by atoms with Crippen molar-refractivity contribution in [1.82, 2.24) is 0 Å². The van der Waals surface area contributed by atoms with Crippen molar-refractivity contribution in [2.24, 2.45) is 10.7 Å². The highest BCUT2D eigenvalue weighted by atomic mass is 35.5. The molecule has 0 atom stereocenters. The molecule has 2 aromatic carbocycles. The Morgan fingerprint density at radius 3 is 2.43 bits per heavy atom. The molecule has 0 saturated heterocycles. The number of aliphatic hydroxyl groups is 1. The second-order valence-electron chi connectivity index (χ2n) is 4.17. The predicted molar refractivity (Wildman–Crippen MR) is 79.7 cm³/mol. The number of rotatable bonds is 3. The van der Waals surface area contributed by atoms with Crippen LogP contribution >= 0.6 is 11.6 Å². The average Bonchev–Trinajstić information content (AvgIpc) is 2.41. The number of hydrogen-bond donors (Lipinski definition) is 2. The molecule has 0 heterocycles. The van der Waals surface area contributed by atoms with E-state index < -0.39 is 17.4 Å². The van der Waals surface area contributed by atoms with Crippen LogP contribution in [0.5, 0.6) is 0 Å². The van der Waals surface area contributed by atoms with Crippen molar-refractivity contribution in [1.29, 1.82) is 0 Å². The quantitative estimate of drug-likeness (QED) is 0.507. The van der Waals surface area contributed by atoms with Crippen LogP contribution < -0.4 is 5.73 Å². The molecule has 0 radical (unpaired) electrons. The topological polar surface area (TPSA) is 58.6 Å². The predicted octanol–water partition coefficient (Wildman–Crippen LogP) is 4.21. The van der Waals surface area contributed by atoms with Gasteiger partial charge >= 0.3 is 0 Å². The van der Waals surface area contributed by atoms with Gasteiger partial charge in [-0.15, -0.1) is 0 Å². The molecular weight excluding hydrogens is 298 g/mol. The van der Waals surface area contributed by atoms with E-state index in [0.717, 1.165) is 18.2 Å². The second-order valence-corrected chi connectivity index (χ2v) is 4.60. The van der Waals surface area contributed by atoms with Crippen LogP contribution in [0.2, 0.25) is 5.02 Å². The normalized spacial score (nSPS) is 12.5. The van der Waals surface area contributed by atoms with Crippen LogP contribution in [-0.2, 0) is 0 Å². The zero-order valence-electron chi connectivity index (χ0n) is 10.7. The van der Waals surface area contributed by atoms with E-state index in [1.807, 2.05) is 0 Å². The summed E-state index contributed by atoms with van der Waals surface area (Å²) in [5.74, 6) is -2.09. The summed E-state index contributed by atoms with van der Waals surface area (Å²) in [4.78, 5) is 4.02. The molecule has 0 aliphatic rings. The van der Waals surface area contributed by atoms with E-state index in [4.69, 9.17) is 17.3 Å². The third kappa shape index (κ3) is 4.03. The Balaban J connectivity index is 2.27. The van der Waals surface area contributed by atoms with E-state index in [1.165, 1.54) is 0 Å². The molecule has 3 N–H and O–H groups in total. The van der Waals surface area contributed by atoms with Gasteiger partial charge in [-0.25, -0.2) is 13.8 Å². The molecule has 108 valence electrons. The Morgan fingerprint density at radius 2 is 1.81 bits per heavy atom. The van der Waals surface area contributed by atoms with Crippen LogP contribution in [0.25, 0.3) is 5.76 Å². The molecule has 0 unspecified atom stereocenters. The monoisotopic (exact) mass is 308 g/mol. The Bertz CT molecular complexity index is 712. The summed E-state index contributed by atoms with van der Waals surface area (Å²) in [5, 5.41) is 10.4. The van der Waals surface area contributed by atoms with E-state index in [0.29, 0.717) is 16.8 Å². The third-order valence-corrected chi connectivity index (χ3v) is 2.83. The second kappa shape index (κ2) is 6.37. The fourth-order valence-corrected chi connectivity index (χ4v) is 1.74. The van der Waals surface area contributed by atoms with Crippen LogP contribution in [0, 0.1) is 11.6 Å². The molecule has 0 aliphatic carbocycles. The first-order chi connectivity index (χ1) is 9.95. The minimum absolute atomic E-state index is 0.0291. The summed E-state index contributed by atoms with van der Waals surface area (Å²) >= 11 is 5.74. The number of nitrogens with two attached hydrogens (primary N) is 1. The molecular formula is C15H11ClF2N2O. The zero-order valence-corrected chi connectivity index (χ0v) is 11.5. The molecule has 3 nitrogen and oxygen atoms in total. The van der Waals surface area contributed by atoms with Crippen molar-refractivity contribution >= 4 is 28.9 Å². The molecule has 0 aromatic heterocycles. The number of halogens is 3. The summed E-state index contributed by atoms with van der Waals surface area (Å²) in [7, 11) is 0. The van der Waals surface area contributed by atoms with Gasteiger partial charge in [0.1, 0.15) is 23.2 Å². The van der Waals surface area contributed by atoms with Crippen molar-refractivity contribution in [3.8, 4) is 0 Å². The molecule has 0 amide bonds. The van der Waals surface area contributed by atoms with Crippen molar-refractivity contribution in [2.75, 3.05) is 0 Å². The van der Waals surface area contributed by atoms with Gasteiger partial charge in [-0.1, -0.05) is 11.6 Å². The molecule has 0 spiro atoms. The van der Waals surface area contributed by atoms with Crippen LogP contribution in [0.1, 0.15) is 5.56 Å². The Kier molecular flexibility index (Phi) is 4.55. The fraction of sp³-hybridized carbons (Fsp3) is 0. The van der Waals surface area contributed by atoms with E-state index >= 15 is 0 Å². The Hall–Kier alpha value is -2.40. The standard InChI is InChI=1S/C15H11ClF2N2O/c16-9-1-4-11(5-2-9)20-15(19)8-14(21)12-6-3-10(17)7-13(12)18/h1-8,21H,(H2,19,20). The minimum atomic E-state index is -0.886. The molecule has 0 aliphatic heterocycles. The van der Waals surface area contributed by atoms with Gasteiger partial charge in [0.25, 0.3) is 0 Å². The van der Waals surface area contributed by atoms with E-state index in [9.17, 15) is 13.9 Å². The van der Waals surface area contributed by atoms with Crippen LogP contribution in [0.3, 0.4) is 0 Å². The van der Waals surface area contributed by atoms with Gasteiger partial charge < -0.3 is 10.8 Å². The molecule has 0 bridgehead atoms. The van der Waals surface area contributed by atoms with E-state index in [-0.39, 0.29) is 11.4 Å². The maximum absolute atomic E-state index is 13.5. The summed E-state index contributed by atoms with van der Waals surface area (Å²) in [6.07, 6.45) is 1.09. The highest BCUT2D eigenvalue weighted by Crippen LogP contribution is 2.19. The Morgan fingerprint density at radius 1 is 1.14 bits per heavy atom. The smallest absolute Gasteiger partial charge is 0.137 e. The van der Waals surface area contributed by atoms with Gasteiger partial charge in [0.2, 0.25) is 0 Å². The first-order valence-corrected chi connectivity index (χ1v) is 6.29. The number of aliphatic hydroxyl groups excluding tert-OH is 1. The fourth-order valence-electron chi connectivity index (χ4n) is 1.61. The van der Waals surface area contributed by atoms with Crippen LogP contribution in [0.15, 0.2) is 53.5 Å². The van der Waals surface area contributed by atoms with Crippen molar-refractivity contribution < 1.29 is 13.9 Å². The number of nitrogens with zero attached hydrogens (tertiary/aromatic N) is 1. The first-order valence-electron chi connectivity index (χ1n) is 5.91. The number of benzene rings is 2. The lowest BCUT2D eigenvalue weighted by molar-refractivity contribution is 0.500. The van der Waals surface area contributed by atoms with Crippen LogP contribution in [0.4, 0.5) is 14.5 Å². The van der Waals surface area contributed by atoms with Crippen molar-refractivity contribution in [3.05, 3.63) is 70.8 Å². The maximum atomic E-state index is 13.5. The Labute approximate surface area is 125 Å². The van der Waals surface area contributed by atoms with Gasteiger partial charge in [0.05, 0.1) is 11.3 Å². The lowest BCUT2D eigenvalue weighted by Gasteiger charge is -2.02. The number of hydrogen-bond acceptors (Lipinski definition) is 2. The first kappa shape index (κ1) is 15.0. The summed E-state index contributed by atoms with van der Waals surface area (Å²) in [6, 6.07) is 9.37. The van der Waals surface area contributed by atoms with Crippen molar-refractivity contribution in [3.63, 3.8) is 0 Å². The highest BCUT2D eigenvalue weighted by Gasteiger charge is 2.08. The molecule has 0 saturated carbocycles. The van der Waals surface area contributed by atoms with Gasteiger partial charge in [-0.2, -0.15) is 0 Å². The van der Waals surface area contributed by atoms with E-state index in [1.54, 1.807) is 24.3 Å². The van der Waals surface area contributed by atoms with Gasteiger partial charge in [-0.05, 0) is 36.4 Å². The lowest BCUT2D eigenvalue weighted by atomic mass is 10.1. The van der Waals surface area contributed by atoms with Gasteiger partial charge in [-0.3, -0.25) is 0 Å². The SMILES string of the molecule is NC(C=C(O)c1ccc(F)cc1F)=Nc1ccc(Cl)cc1. The van der Waals surface area contributed by atoms with Crippen molar-refractivity contribution in [2.45, 2.75) is 0 Å². The average molecular weight is 309 g/mol. The molecule has 0 fully saturated rings. The molecule has 2 aromatic rings. The van der Waals surface area contributed by atoms with Crippen LogP contribution in [-0.4, -0.2) is 10.9 Å². The van der Waals surface area contributed by atoms with E-state index in [2.05, 4.69) is 4.99 Å². The largest absolute Gasteiger partial charge is 0.507 e. The number of amidine groups is 1. The van der Waals surface area contributed by atoms with Gasteiger partial charge in [0, 0.05) is 17.2 Å². The molecule has 6 heteroatoms. The minimum Gasteiger partial charge on any atom is -0.507 e. The number of aliphatic imine (C=N–C) groups is 1.